The number of hydrogen-bond acceptors (Lipinski definition) is 6. The van der Waals surface area contributed by atoms with Crippen LogP contribution < -0.4 is 0 Å². The van der Waals surface area contributed by atoms with E-state index in [1.165, 1.54) is 128 Å². The molecule has 0 aliphatic heterocycles. The van der Waals surface area contributed by atoms with Crippen molar-refractivity contribution in [1.82, 2.24) is 0 Å². The molecule has 0 radical (unpaired) electrons. The lowest BCUT2D eigenvalue weighted by atomic mass is 10.1. The summed E-state index contributed by atoms with van der Waals surface area (Å²) in [4.78, 5) is 37.9. The maximum atomic E-state index is 12.8. The Kier molecular flexibility index (Phi) is 49.4. The first-order valence-corrected chi connectivity index (χ1v) is 26.8. The summed E-state index contributed by atoms with van der Waals surface area (Å²) in [5, 5.41) is 0. The molecule has 0 amide bonds. The van der Waals surface area contributed by atoms with Crippen molar-refractivity contribution in [3.05, 3.63) is 60.8 Å². The molecule has 0 saturated carbocycles. The van der Waals surface area contributed by atoms with Crippen molar-refractivity contribution in [2.24, 2.45) is 0 Å². The SMILES string of the molecule is CC/C=C\C/C=C\C/C=C\C/C=C\CCCCCCCCCCCCC(=O)OCC(COC(=O)CCCCCCCCCC)OC(=O)CCCCCCC/C=C\CCCCCCC. The molecule has 364 valence electrons. The number of carbonyl (C=O) groups excluding carboxylic acids is 3. The van der Waals surface area contributed by atoms with E-state index >= 15 is 0 Å². The predicted molar refractivity (Wildman–Crippen MR) is 270 cm³/mol. The fourth-order valence-corrected chi connectivity index (χ4v) is 7.49. The van der Waals surface area contributed by atoms with E-state index in [-0.39, 0.29) is 31.1 Å². The minimum atomic E-state index is -0.776. The zero-order valence-corrected chi connectivity index (χ0v) is 41.6. The highest BCUT2D eigenvalue weighted by Gasteiger charge is 2.19. The lowest BCUT2D eigenvalue weighted by molar-refractivity contribution is -0.167. The quantitative estimate of drug-likeness (QED) is 0.0262. The average molecular weight is 881 g/mol. The summed E-state index contributed by atoms with van der Waals surface area (Å²) in [5.74, 6) is -0.889. The highest BCUT2D eigenvalue weighted by Crippen LogP contribution is 2.15. The highest BCUT2D eigenvalue weighted by molar-refractivity contribution is 5.71. The maximum Gasteiger partial charge on any atom is 0.306 e. The zero-order chi connectivity index (χ0) is 45.8. The normalized spacial score (nSPS) is 12.5. The van der Waals surface area contributed by atoms with Crippen molar-refractivity contribution in [1.29, 1.82) is 0 Å². The van der Waals surface area contributed by atoms with E-state index in [1.807, 2.05) is 0 Å². The Morgan fingerprint density at radius 3 is 0.984 bits per heavy atom. The number of ether oxygens (including phenoxy) is 3. The van der Waals surface area contributed by atoms with Crippen LogP contribution in [0, 0.1) is 0 Å². The zero-order valence-electron chi connectivity index (χ0n) is 41.6. The van der Waals surface area contributed by atoms with Gasteiger partial charge >= 0.3 is 17.9 Å². The summed E-state index contributed by atoms with van der Waals surface area (Å²) >= 11 is 0. The van der Waals surface area contributed by atoms with Crippen molar-refractivity contribution in [3.63, 3.8) is 0 Å². The number of hydrogen-bond donors (Lipinski definition) is 0. The maximum absolute atomic E-state index is 12.8. The van der Waals surface area contributed by atoms with Gasteiger partial charge in [-0.25, -0.2) is 0 Å². The topological polar surface area (TPSA) is 78.9 Å². The van der Waals surface area contributed by atoms with E-state index in [2.05, 4.69) is 81.5 Å². The first kappa shape index (κ1) is 60.1. The molecule has 0 aromatic rings. The van der Waals surface area contributed by atoms with Crippen molar-refractivity contribution < 1.29 is 28.6 Å². The van der Waals surface area contributed by atoms with Crippen LogP contribution in [-0.2, 0) is 28.6 Å². The van der Waals surface area contributed by atoms with Gasteiger partial charge in [0.2, 0.25) is 0 Å². The number of allylic oxidation sites excluding steroid dienone is 10. The van der Waals surface area contributed by atoms with Gasteiger partial charge < -0.3 is 14.2 Å². The van der Waals surface area contributed by atoms with Crippen LogP contribution in [0.3, 0.4) is 0 Å². The van der Waals surface area contributed by atoms with Crippen LogP contribution in [0.25, 0.3) is 0 Å². The molecular formula is C57H100O6. The molecule has 6 heteroatoms. The van der Waals surface area contributed by atoms with E-state index in [0.29, 0.717) is 19.3 Å². The van der Waals surface area contributed by atoms with Crippen molar-refractivity contribution >= 4 is 17.9 Å². The van der Waals surface area contributed by atoms with E-state index in [9.17, 15) is 14.4 Å². The van der Waals surface area contributed by atoms with Gasteiger partial charge in [0, 0.05) is 19.3 Å². The van der Waals surface area contributed by atoms with Gasteiger partial charge in [0.15, 0.2) is 6.10 Å². The minimum Gasteiger partial charge on any atom is -0.462 e. The lowest BCUT2D eigenvalue weighted by Gasteiger charge is -2.18. The molecule has 0 aliphatic rings. The molecule has 0 aromatic carbocycles. The fourth-order valence-electron chi connectivity index (χ4n) is 7.49. The van der Waals surface area contributed by atoms with Gasteiger partial charge in [0.25, 0.3) is 0 Å². The smallest absolute Gasteiger partial charge is 0.306 e. The van der Waals surface area contributed by atoms with Crippen LogP contribution in [0.2, 0.25) is 0 Å². The highest BCUT2D eigenvalue weighted by atomic mass is 16.6. The van der Waals surface area contributed by atoms with E-state index < -0.39 is 6.10 Å². The number of esters is 3. The fraction of sp³-hybridized carbons (Fsp3) is 0.772. The van der Waals surface area contributed by atoms with Gasteiger partial charge in [0.1, 0.15) is 13.2 Å². The van der Waals surface area contributed by atoms with E-state index in [0.717, 1.165) is 96.3 Å². The second kappa shape index (κ2) is 51.7. The molecule has 0 fully saturated rings. The molecule has 0 heterocycles. The Morgan fingerprint density at radius 2 is 0.619 bits per heavy atom. The molecule has 0 saturated heterocycles. The summed E-state index contributed by atoms with van der Waals surface area (Å²) in [7, 11) is 0. The molecule has 0 aliphatic carbocycles. The van der Waals surface area contributed by atoms with Crippen LogP contribution in [-0.4, -0.2) is 37.2 Å². The molecule has 0 spiro atoms. The Hall–Kier alpha value is -2.89. The van der Waals surface area contributed by atoms with Gasteiger partial charge in [-0.15, -0.1) is 0 Å². The molecule has 63 heavy (non-hydrogen) atoms. The largest absolute Gasteiger partial charge is 0.462 e. The summed E-state index contributed by atoms with van der Waals surface area (Å²) in [6.07, 6.45) is 63.6. The molecule has 0 bridgehead atoms. The van der Waals surface area contributed by atoms with Crippen molar-refractivity contribution in [2.45, 2.75) is 271 Å². The Bertz CT molecular complexity index is 1150. The second-order valence-corrected chi connectivity index (χ2v) is 17.8. The molecule has 0 N–H and O–H groups in total. The summed E-state index contributed by atoms with van der Waals surface area (Å²) in [6, 6.07) is 0. The molecule has 1 unspecified atom stereocenters. The third kappa shape index (κ3) is 50.0. The third-order valence-corrected chi connectivity index (χ3v) is 11.5. The first-order chi connectivity index (χ1) is 31.0. The molecule has 6 nitrogen and oxygen atoms in total. The third-order valence-electron chi connectivity index (χ3n) is 11.5. The summed E-state index contributed by atoms with van der Waals surface area (Å²) < 4.78 is 16.8. The van der Waals surface area contributed by atoms with Crippen molar-refractivity contribution in [2.75, 3.05) is 13.2 Å². The van der Waals surface area contributed by atoms with E-state index in [1.54, 1.807) is 0 Å². The van der Waals surface area contributed by atoms with Gasteiger partial charge in [0.05, 0.1) is 0 Å². The van der Waals surface area contributed by atoms with Crippen LogP contribution in [0.4, 0.5) is 0 Å². The van der Waals surface area contributed by atoms with Crippen LogP contribution in [0.1, 0.15) is 265 Å². The predicted octanol–water partition coefficient (Wildman–Crippen LogP) is 17.6. The average Bonchev–Trinajstić information content (AvgIpc) is 3.28. The molecular weight excluding hydrogens is 781 g/mol. The molecule has 1 atom stereocenters. The first-order valence-electron chi connectivity index (χ1n) is 26.8. The van der Waals surface area contributed by atoms with Gasteiger partial charge in [-0.2, -0.15) is 0 Å². The molecule has 0 aromatic heterocycles. The molecule has 0 rings (SSSR count). The van der Waals surface area contributed by atoms with Gasteiger partial charge in [-0.3, -0.25) is 14.4 Å². The summed E-state index contributed by atoms with van der Waals surface area (Å²) in [5.41, 5.74) is 0. The minimum absolute atomic E-state index is 0.0770. The number of unbranched alkanes of at least 4 members (excludes halogenated alkanes) is 27. The van der Waals surface area contributed by atoms with E-state index in [4.69, 9.17) is 14.2 Å². The summed E-state index contributed by atoms with van der Waals surface area (Å²) in [6.45, 7) is 6.49. The van der Waals surface area contributed by atoms with Crippen molar-refractivity contribution in [3.8, 4) is 0 Å². The number of rotatable bonds is 48. The Morgan fingerprint density at radius 1 is 0.333 bits per heavy atom. The number of carbonyl (C=O) groups is 3. The van der Waals surface area contributed by atoms with Crippen LogP contribution >= 0.6 is 0 Å². The standard InChI is InChI=1S/C57H100O6/c1-4-7-10-13-16-19-21-23-25-26-27-28-29-30-31-32-33-35-36-38-41-44-47-50-56(59)62-53-54(52-61-55(58)49-46-43-40-18-15-12-9-6-3)63-57(60)51-48-45-42-39-37-34-24-22-20-17-14-11-8-5-2/h7,10,16,19,22-25,27-28,54H,4-6,8-9,11-15,17-18,20-21,26,29-53H2,1-3H3/b10-7-,19-16-,24-22-,25-23-,28-27-. The Balaban J connectivity index is 4.23. The van der Waals surface area contributed by atoms with Crippen LogP contribution in [0.15, 0.2) is 60.8 Å². The Labute approximate surface area is 390 Å². The van der Waals surface area contributed by atoms with Crippen LogP contribution in [0.5, 0.6) is 0 Å². The van der Waals surface area contributed by atoms with Gasteiger partial charge in [-0.05, 0) is 83.5 Å². The second-order valence-electron chi connectivity index (χ2n) is 17.8. The van der Waals surface area contributed by atoms with Gasteiger partial charge in [-0.1, -0.05) is 223 Å². The lowest BCUT2D eigenvalue weighted by Crippen LogP contribution is -2.30. The monoisotopic (exact) mass is 881 g/mol.